The van der Waals surface area contributed by atoms with Gasteiger partial charge in [0.25, 0.3) is 0 Å². The van der Waals surface area contributed by atoms with E-state index in [2.05, 4.69) is 15.5 Å². The molecule has 0 fully saturated rings. The molecule has 0 bridgehead atoms. The third-order valence-electron chi connectivity index (χ3n) is 2.45. The number of benzene rings is 1. The Labute approximate surface area is 113 Å². The van der Waals surface area contributed by atoms with E-state index in [9.17, 15) is 13.2 Å². The van der Waals surface area contributed by atoms with Crippen molar-refractivity contribution in [2.24, 2.45) is 0 Å². The van der Waals surface area contributed by atoms with Gasteiger partial charge in [-0.3, -0.25) is 0 Å². The van der Waals surface area contributed by atoms with Crippen LogP contribution in [0.1, 0.15) is 11.4 Å². The zero-order valence-electron chi connectivity index (χ0n) is 10.8. The summed E-state index contributed by atoms with van der Waals surface area (Å²) in [6.45, 7) is 0. The molecule has 0 unspecified atom stereocenters. The highest BCUT2D eigenvalue weighted by Gasteiger charge is 2.30. The monoisotopic (exact) mass is 283 g/mol. The predicted octanol–water partition coefficient (Wildman–Crippen LogP) is 2.21. The normalized spacial score (nSPS) is 12.1. The molecule has 0 radical (unpaired) electrons. The highest BCUT2D eigenvalue weighted by molar-refractivity contribution is 5.44. The van der Waals surface area contributed by atoms with Crippen LogP contribution in [0.15, 0.2) is 30.5 Å². The topological polar surface area (TPSA) is 46.8 Å². The standard InChI is InChI=1S/C12H12F3N5/c1-19(2)8-7-11-16-17-18-20(11)10-5-3-9(4-6-10)12(13,14)15/h3-8H,1-2H3. The number of tetrazole rings is 1. The van der Waals surface area contributed by atoms with E-state index in [1.54, 1.807) is 17.2 Å². The molecule has 2 aromatic rings. The summed E-state index contributed by atoms with van der Waals surface area (Å²) < 4.78 is 38.8. The Balaban J connectivity index is 2.31. The van der Waals surface area contributed by atoms with Gasteiger partial charge in [-0.15, -0.1) is 5.10 Å². The largest absolute Gasteiger partial charge is 0.416 e. The predicted molar refractivity (Wildman–Crippen MR) is 66.9 cm³/mol. The van der Waals surface area contributed by atoms with E-state index in [0.29, 0.717) is 11.5 Å². The Kier molecular flexibility index (Phi) is 3.73. The number of aromatic nitrogens is 4. The van der Waals surface area contributed by atoms with E-state index in [1.165, 1.54) is 16.8 Å². The Morgan fingerprint density at radius 2 is 1.80 bits per heavy atom. The minimum atomic E-state index is -4.35. The number of hydrogen-bond acceptors (Lipinski definition) is 4. The summed E-state index contributed by atoms with van der Waals surface area (Å²) in [4.78, 5) is 1.80. The molecule has 0 spiro atoms. The molecule has 106 valence electrons. The van der Waals surface area contributed by atoms with Crippen LogP contribution >= 0.6 is 0 Å². The maximum absolute atomic E-state index is 12.5. The van der Waals surface area contributed by atoms with Gasteiger partial charge in [-0.05, 0) is 34.7 Å². The molecule has 1 heterocycles. The molecule has 0 aliphatic carbocycles. The van der Waals surface area contributed by atoms with Gasteiger partial charge in [0.1, 0.15) is 0 Å². The highest BCUT2D eigenvalue weighted by atomic mass is 19.4. The fourth-order valence-corrected chi connectivity index (χ4v) is 1.49. The third-order valence-corrected chi connectivity index (χ3v) is 2.45. The first-order chi connectivity index (χ1) is 9.38. The molecule has 2 rings (SSSR count). The maximum atomic E-state index is 12.5. The lowest BCUT2D eigenvalue weighted by Crippen LogP contribution is -2.06. The quantitative estimate of drug-likeness (QED) is 0.866. The van der Waals surface area contributed by atoms with Crippen molar-refractivity contribution >= 4 is 6.08 Å². The van der Waals surface area contributed by atoms with Gasteiger partial charge in [0, 0.05) is 26.4 Å². The Hall–Kier alpha value is -2.38. The highest BCUT2D eigenvalue weighted by Crippen LogP contribution is 2.29. The molecule has 0 aliphatic heterocycles. The van der Waals surface area contributed by atoms with Crippen LogP contribution in [0.4, 0.5) is 13.2 Å². The smallest absolute Gasteiger partial charge is 0.383 e. The van der Waals surface area contributed by atoms with Crippen LogP contribution in [0.3, 0.4) is 0 Å². The Bertz CT molecular complexity index is 598. The van der Waals surface area contributed by atoms with Crippen LogP contribution in [0.5, 0.6) is 0 Å². The van der Waals surface area contributed by atoms with Crippen molar-refractivity contribution in [1.82, 2.24) is 25.1 Å². The number of alkyl halides is 3. The van der Waals surface area contributed by atoms with Crippen molar-refractivity contribution < 1.29 is 13.2 Å². The van der Waals surface area contributed by atoms with Gasteiger partial charge in [0.05, 0.1) is 11.3 Å². The van der Waals surface area contributed by atoms with Crippen molar-refractivity contribution in [3.8, 4) is 5.69 Å². The van der Waals surface area contributed by atoms with Crippen LogP contribution in [-0.2, 0) is 6.18 Å². The molecule has 0 saturated carbocycles. The van der Waals surface area contributed by atoms with E-state index < -0.39 is 11.7 Å². The zero-order chi connectivity index (χ0) is 14.8. The van der Waals surface area contributed by atoms with E-state index in [1.807, 2.05) is 14.1 Å². The average molecular weight is 283 g/mol. The summed E-state index contributed by atoms with van der Waals surface area (Å²) in [5.74, 6) is 0.429. The van der Waals surface area contributed by atoms with Gasteiger partial charge in [-0.25, -0.2) is 0 Å². The van der Waals surface area contributed by atoms with Gasteiger partial charge >= 0.3 is 6.18 Å². The molecule has 0 aliphatic rings. The second kappa shape index (κ2) is 5.32. The molecule has 1 aromatic carbocycles. The van der Waals surface area contributed by atoms with Crippen LogP contribution in [0.2, 0.25) is 0 Å². The number of halogens is 3. The Morgan fingerprint density at radius 1 is 1.15 bits per heavy atom. The fraction of sp³-hybridized carbons (Fsp3) is 0.250. The molecular formula is C12H12F3N5. The lowest BCUT2D eigenvalue weighted by Gasteiger charge is -2.08. The number of rotatable bonds is 3. The third kappa shape index (κ3) is 3.14. The second-order valence-electron chi connectivity index (χ2n) is 4.27. The number of hydrogen-bond donors (Lipinski definition) is 0. The van der Waals surface area contributed by atoms with Crippen molar-refractivity contribution in [3.63, 3.8) is 0 Å². The van der Waals surface area contributed by atoms with Crippen LogP contribution in [-0.4, -0.2) is 39.2 Å². The zero-order valence-corrected chi connectivity index (χ0v) is 10.8. The van der Waals surface area contributed by atoms with Crippen LogP contribution < -0.4 is 0 Å². The molecule has 1 aromatic heterocycles. The van der Waals surface area contributed by atoms with Crippen molar-refractivity contribution in [3.05, 3.63) is 41.9 Å². The molecule has 8 heteroatoms. The second-order valence-corrected chi connectivity index (χ2v) is 4.27. The van der Waals surface area contributed by atoms with Crippen molar-refractivity contribution in [1.29, 1.82) is 0 Å². The van der Waals surface area contributed by atoms with Gasteiger partial charge < -0.3 is 4.90 Å². The molecule has 0 N–H and O–H groups in total. The van der Waals surface area contributed by atoms with Gasteiger partial charge in [0.15, 0.2) is 5.82 Å². The number of nitrogens with zero attached hydrogens (tertiary/aromatic N) is 5. The first kappa shape index (κ1) is 14.0. The van der Waals surface area contributed by atoms with E-state index in [-0.39, 0.29) is 0 Å². The lowest BCUT2D eigenvalue weighted by atomic mass is 10.2. The Morgan fingerprint density at radius 3 is 2.35 bits per heavy atom. The van der Waals surface area contributed by atoms with Gasteiger partial charge in [0.2, 0.25) is 0 Å². The van der Waals surface area contributed by atoms with Crippen molar-refractivity contribution in [2.45, 2.75) is 6.18 Å². The molecular weight excluding hydrogens is 271 g/mol. The first-order valence-corrected chi connectivity index (χ1v) is 5.68. The van der Waals surface area contributed by atoms with E-state index >= 15 is 0 Å². The lowest BCUT2D eigenvalue weighted by molar-refractivity contribution is -0.137. The summed E-state index contributed by atoms with van der Waals surface area (Å²) in [7, 11) is 3.67. The molecule has 20 heavy (non-hydrogen) atoms. The van der Waals surface area contributed by atoms with E-state index in [4.69, 9.17) is 0 Å². The van der Waals surface area contributed by atoms with E-state index in [0.717, 1.165) is 12.1 Å². The maximum Gasteiger partial charge on any atom is 0.416 e. The summed E-state index contributed by atoms with van der Waals surface area (Å²) in [5.41, 5.74) is -0.249. The summed E-state index contributed by atoms with van der Waals surface area (Å²) in [6.07, 6.45) is -0.948. The molecule has 0 amide bonds. The van der Waals surface area contributed by atoms with Crippen LogP contribution in [0, 0.1) is 0 Å². The average Bonchev–Trinajstić information content (AvgIpc) is 2.83. The summed E-state index contributed by atoms with van der Waals surface area (Å²) >= 11 is 0. The first-order valence-electron chi connectivity index (χ1n) is 5.68. The fourth-order valence-electron chi connectivity index (χ4n) is 1.49. The van der Waals surface area contributed by atoms with Gasteiger partial charge in [-0.2, -0.15) is 17.9 Å². The van der Waals surface area contributed by atoms with Crippen molar-refractivity contribution in [2.75, 3.05) is 14.1 Å². The van der Waals surface area contributed by atoms with Gasteiger partial charge in [-0.1, -0.05) is 0 Å². The summed E-state index contributed by atoms with van der Waals surface area (Å²) in [6, 6.07) is 4.64. The molecule has 0 saturated heterocycles. The SMILES string of the molecule is CN(C)C=Cc1nnnn1-c1ccc(C(F)(F)F)cc1. The molecule has 5 nitrogen and oxygen atoms in total. The summed E-state index contributed by atoms with van der Waals surface area (Å²) in [5, 5.41) is 11.1. The molecule has 0 atom stereocenters. The van der Waals surface area contributed by atoms with Crippen LogP contribution in [0.25, 0.3) is 11.8 Å². The minimum absolute atomic E-state index is 0.429. The minimum Gasteiger partial charge on any atom is -0.383 e.